The average Bonchev–Trinajstić information content (AvgIpc) is 2.37. The van der Waals surface area contributed by atoms with Gasteiger partial charge in [0.05, 0.1) is 0 Å². The summed E-state index contributed by atoms with van der Waals surface area (Å²) in [5.74, 6) is -1.64. The quantitative estimate of drug-likeness (QED) is 0.731. The number of hydrogen-bond acceptors (Lipinski definition) is 1. The smallest absolute Gasteiger partial charge is 0.163 e. The largest absolute Gasteiger partial charge is 0.314 e. The van der Waals surface area contributed by atoms with Gasteiger partial charge in [-0.1, -0.05) is 25.4 Å². The number of hydrogen-bond donors (Lipinski definition) is 1. The Bertz CT molecular complexity index is 382. The Morgan fingerprint density at radius 3 is 2.61 bits per heavy atom. The van der Waals surface area contributed by atoms with E-state index >= 15 is 0 Å². The first kappa shape index (κ1) is 15.4. The molecule has 0 radical (unpaired) electrons. The van der Waals surface area contributed by atoms with Gasteiger partial charge < -0.3 is 5.32 Å². The van der Waals surface area contributed by atoms with Crippen LogP contribution in [0.5, 0.6) is 0 Å². The standard InChI is InChI=1S/C14H20ClF2N/c1-3-9-18-10(4-2)5-6-11-12(15)7-8-13(16)14(11)17/h7-8,10,18H,3-6,9H2,1-2H3. The fourth-order valence-electron chi connectivity index (χ4n) is 1.92. The van der Waals surface area contributed by atoms with Crippen LogP contribution in [0.2, 0.25) is 5.02 Å². The third kappa shape index (κ3) is 4.21. The van der Waals surface area contributed by atoms with E-state index in [2.05, 4.69) is 19.2 Å². The van der Waals surface area contributed by atoms with Gasteiger partial charge in [0.1, 0.15) is 0 Å². The Morgan fingerprint density at radius 2 is 2.00 bits per heavy atom. The Kier molecular flexibility index (Phi) is 6.58. The maximum Gasteiger partial charge on any atom is 0.163 e. The molecule has 1 rings (SSSR count). The van der Waals surface area contributed by atoms with Gasteiger partial charge in [-0.2, -0.15) is 0 Å². The molecule has 1 nitrogen and oxygen atoms in total. The monoisotopic (exact) mass is 275 g/mol. The van der Waals surface area contributed by atoms with Crippen molar-refractivity contribution in [3.63, 3.8) is 0 Å². The van der Waals surface area contributed by atoms with Crippen molar-refractivity contribution < 1.29 is 8.78 Å². The lowest BCUT2D eigenvalue weighted by Gasteiger charge is -2.17. The molecule has 0 aromatic heterocycles. The Labute approximate surface area is 113 Å². The van der Waals surface area contributed by atoms with Crippen LogP contribution in [-0.4, -0.2) is 12.6 Å². The highest BCUT2D eigenvalue weighted by molar-refractivity contribution is 6.31. The fraction of sp³-hybridized carbons (Fsp3) is 0.571. The van der Waals surface area contributed by atoms with Crippen molar-refractivity contribution in [1.82, 2.24) is 5.32 Å². The molecule has 102 valence electrons. The van der Waals surface area contributed by atoms with Crippen molar-refractivity contribution in [2.24, 2.45) is 0 Å². The van der Waals surface area contributed by atoms with Gasteiger partial charge in [0.2, 0.25) is 0 Å². The molecule has 0 saturated carbocycles. The number of halogens is 3. The Hall–Kier alpha value is -0.670. The highest BCUT2D eigenvalue weighted by atomic mass is 35.5. The van der Waals surface area contributed by atoms with Gasteiger partial charge in [-0.15, -0.1) is 0 Å². The van der Waals surface area contributed by atoms with Crippen LogP contribution in [0.15, 0.2) is 12.1 Å². The minimum atomic E-state index is -0.830. The highest BCUT2D eigenvalue weighted by Gasteiger charge is 2.14. The second-order valence-corrected chi connectivity index (χ2v) is 4.83. The van der Waals surface area contributed by atoms with Crippen LogP contribution in [0.1, 0.15) is 38.7 Å². The average molecular weight is 276 g/mol. The minimum absolute atomic E-state index is 0.286. The predicted octanol–water partition coefficient (Wildman–Crippen LogP) is 4.33. The lowest BCUT2D eigenvalue weighted by Crippen LogP contribution is -2.29. The third-order valence-corrected chi connectivity index (χ3v) is 3.41. The summed E-state index contributed by atoms with van der Waals surface area (Å²) in [5.41, 5.74) is 0.286. The molecule has 0 saturated heterocycles. The van der Waals surface area contributed by atoms with Crippen molar-refractivity contribution in [3.05, 3.63) is 34.4 Å². The van der Waals surface area contributed by atoms with Crippen LogP contribution < -0.4 is 5.32 Å². The maximum absolute atomic E-state index is 13.6. The third-order valence-electron chi connectivity index (χ3n) is 3.06. The van der Waals surface area contributed by atoms with Gasteiger partial charge in [0, 0.05) is 16.6 Å². The molecule has 1 aromatic carbocycles. The predicted molar refractivity (Wildman–Crippen MR) is 72.1 cm³/mol. The first-order chi connectivity index (χ1) is 8.60. The van der Waals surface area contributed by atoms with Gasteiger partial charge in [-0.25, -0.2) is 8.78 Å². The topological polar surface area (TPSA) is 12.0 Å². The van der Waals surface area contributed by atoms with E-state index in [9.17, 15) is 8.78 Å². The zero-order valence-corrected chi connectivity index (χ0v) is 11.7. The summed E-state index contributed by atoms with van der Waals surface area (Å²) in [7, 11) is 0. The first-order valence-electron chi connectivity index (χ1n) is 6.45. The van der Waals surface area contributed by atoms with Crippen molar-refractivity contribution in [3.8, 4) is 0 Å². The van der Waals surface area contributed by atoms with Crippen LogP contribution >= 0.6 is 11.6 Å². The van der Waals surface area contributed by atoms with Crippen molar-refractivity contribution >= 4 is 11.6 Å². The highest BCUT2D eigenvalue weighted by Crippen LogP contribution is 2.23. The summed E-state index contributed by atoms with van der Waals surface area (Å²) in [5, 5.41) is 3.69. The molecular weight excluding hydrogens is 256 g/mol. The molecule has 0 aliphatic carbocycles. The molecule has 0 spiro atoms. The summed E-state index contributed by atoms with van der Waals surface area (Å²) in [6.45, 7) is 5.12. The molecule has 0 heterocycles. The zero-order valence-electron chi connectivity index (χ0n) is 10.9. The van der Waals surface area contributed by atoms with E-state index in [4.69, 9.17) is 11.6 Å². The molecule has 4 heteroatoms. The zero-order chi connectivity index (χ0) is 13.5. The molecule has 1 unspecified atom stereocenters. The van der Waals surface area contributed by atoms with Crippen LogP contribution in [0.4, 0.5) is 8.78 Å². The van der Waals surface area contributed by atoms with Crippen LogP contribution in [0.3, 0.4) is 0 Å². The van der Waals surface area contributed by atoms with Crippen molar-refractivity contribution in [2.75, 3.05) is 6.54 Å². The van der Waals surface area contributed by atoms with Crippen LogP contribution in [0.25, 0.3) is 0 Å². The van der Waals surface area contributed by atoms with E-state index in [1.807, 2.05) is 0 Å². The molecule has 18 heavy (non-hydrogen) atoms. The molecular formula is C14H20ClF2N. The van der Waals surface area contributed by atoms with Gasteiger partial charge >= 0.3 is 0 Å². The fourth-order valence-corrected chi connectivity index (χ4v) is 2.16. The van der Waals surface area contributed by atoms with Crippen molar-refractivity contribution in [1.29, 1.82) is 0 Å². The Morgan fingerprint density at radius 1 is 1.28 bits per heavy atom. The maximum atomic E-state index is 13.6. The summed E-state index contributed by atoms with van der Waals surface area (Å²) in [6.07, 6.45) is 3.24. The summed E-state index contributed by atoms with van der Waals surface area (Å²) >= 11 is 5.91. The van der Waals surface area contributed by atoms with E-state index in [1.54, 1.807) is 0 Å². The van der Waals surface area contributed by atoms with Gasteiger partial charge in [0.15, 0.2) is 11.6 Å². The number of nitrogens with one attached hydrogen (secondary N) is 1. The second-order valence-electron chi connectivity index (χ2n) is 4.42. The van der Waals surface area contributed by atoms with Crippen LogP contribution in [0, 0.1) is 11.6 Å². The normalized spacial score (nSPS) is 12.7. The van der Waals surface area contributed by atoms with E-state index in [0.29, 0.717) is 17.5 Å². The number of rotatable bonds is 7. The molecule has 0 fully saturated rings. The molecule has 1 atom stereocenters. The lowest BCUT2D eigenvalue weighted by molar-refractivity contribution is 0.455. The Balaban J connectivity index is 2.64. The minimum Gasteiger partial charge on any atom is -0.314 e. The summed E-state index contributed by atoms with van der Waals surface area (Å²) < 4.78 is 26.7. The van der Waals surface area contributed by atoms with Gasteiger partial charge in [-0.3, -0.25) is 0 Å². The molecule has 0 aliphatic rings. The van der Waals surface area contributed by atoms with E-state index in [-0.39, 0.29) is 5.56 Å². The molecule has 0 bridgehead atoms. The van der Waals surface area contributed by atoms with E-state index < -0.39 is 11.6 Å². The summed E-state index contributed by atoms with van der Waals surface area (Å²) in [4.78, 5) is 0. The van der Waals surface area contributed by atoms with Crippen LogP contribution in [-0.2, 0) is 6.42 Å². The SMILES string of the molecule is CCCNC(CC)CCc1c(Cl)ccc(F)c1F. The molecule has 1 aromatic rings. The van der Waals surface area contributed by atoms with Crippen molar-refractivity contribution in [2.45, 2.75) is 45.6 Å². The van der Waals surface area contributed by atoms with Gasteiger partial charge in [0.25, 0.3) is 0 Å². The second kappa shape index (κ2) is 7.70. The summed E-state index contributed by atoms with van der Waals surface area (Å²) in [6, 6.07) is 2.80. The lowest BCUT2D eigenvalue weighted by atomic mass is 10.0. The molecule has 0 aliphatic heterocycles. The molecule has 0 amide bonds. The molecule has 1 N–H and O–H groups in total. The number of benzene rings is 1. The van der Waals surface area contributed by atoms with E-state index in [1.165, 1.54) is 6.07 Å². The van der Waals surface area contributed by atoms with E-state index in [0.717, 1.165) is 31.9 Å². The van der Waals surface area contributed by atoms with Gasteiger partial charge in [-0.05, 0) is 44.4 Å². The first-order valence-corrected chi connectivity index (χ1v) is 6.83.